The van der Waals surface area contributed by atoms with E-state index in [1.807, 2.05) is 0 Å². The van der Waals surface area contributed by atoms with Gasteiger partial charge in [-0.1, -0.05) is 12.8 Å². The number of hydrogen-bond acceptors (Lipinski definition) is 4. The Bertz CT molecular complexity index is 197. The van der Waals surface area contributed by atoms with Crippen LogP contribution in [0.15, 0.2) is 0 Å². The van der Waals surface area contributed by atoms with Crippen molar-refractivity contribution in [2.75, 3.05) is 0 Å². The highest BCUT2D eigenvalue weighted by atomic mass is 16.4. The largest absolute Gasteiger partial charge is 0.481 e. The van der Waals surface area contributed by atoms with Gasteiger partial charge in [0.15, 0.2) is 0 Å². The molecule has 18 heavy (non-hydrogen) atoms. The van der Waals surface area contributed by atoms with Crippen molar-refractivity contribution >= 4 is 11.9 Å². The number of carboxylic acids is 2. The maximum Gasteiger partial charge on any atom is 0.300 e. The average molecular weight is 264 g/mol. The molecule has 1 aliphatic carbocycles. The summed E-state index contributed by atoms with van der Waals surface area (Å²) in [4.78, 5) is 18.0. The molecule has 2 atom stereocenters. The van der Waals surface area contributed by atoms with Gasteiger partial charge in [0.2, 0.25) is 0 Å². The van der Waals surface area contributed by atoms with Crippen LogP contribution in [0.1, 0.15) is 52.4 Å². The Balaban J connectivity index is 0. The fourth-order valence-corrected chi connectivity index (χ4v) is 1.43. The first-order chi connectivity index (χ1) is 8.25. The lowest BCUT2D eigenvalue weighted by molar-refractivity contribution is -0.135. The molecule has 0 aromatic carbocycles. The summed E-state index contributed by atoms with van der Waals surface area (Å²) >= 11 is 0. The quantitative estimate of drug-likeness (QED) is 0.523. The Morgan fingerprint density at radius 2 is 1.00 bits per heavy atom. The number of carbonyl (C=O) groups is 2. The Labute approximate surface area is 107 Å². The van der Waals surface area contributed by atoms with Gasteiger partial charge in [-0.05, 0) is 25.7 Å². The summed E-state index contributed by atoms with van der Waals surface area (Å²) in [6, 6.07) is 0. The second-order valence-corrected chi connectivity index (χ2v) is 4.21. The van der Waals surface area contributed by atoms with Gasteiger partial charge < -0.3 is 20.4 Å². The van der Waals surface area contributed by atoms with E-state index in [2.05, 4.69) is 0 Å². The molecule has 108 valence electrons. The summed E-state index contributed by atoms with van der Waals surface area (Å²) in [6.07, 6.45) is 5.22. The molecule has 0 aromatic heterocycles. The molecular formula is C12H24O6. The highest BCUT2D eigenvalue weighted by molar-refractivity contribution is 5.63. The fourth-order valence-electron chi connectivity index (χ4n) is 1.43. The van der Waals surface area contributed by atoms with Crippen LogP contribution < -0.4 is 0 Å². The first kappa shape index (κ1) is 19.2. The number of aliphatic hydroxyl groups excluding tert-OH is 2. The molecule has 0 bridgehead atoms. The molecule has 6 heteroatoms. The molecule has 1 rings (SSSR count). The standard InChI is InChI=1S/C8H16O2.2C2H4O2/c9-7-3-1-2-4-8(10)6-5-7;2*1-2(3)4/h7-10H,1-6H2;2*1H3,(H,3,4)/t7-,8+;;. The summed E-state index contributed by atoms with van der Waals surface area (Å²) < 4.78 is 0. The highest BCUT2D eigenvalue weighted by Gasteiger charge is 2.12. The Morgan fingerprint density at radius 1 is 0.778 bits per heavy atom. The van der Waals surface area contributed by atoms with E-state index in [9.17, 15) is 10.2 Å². The zero-order valence-electron chi connectivity index (χ0n) is 11.0. The minimum atomic E-state index is -0.833. The second-order valence-electron chi connectivity index (χ2n) is 4.21. The normalized spacial score (nSPS) is 23.1. The van der Waals surface area contributed by atoms with Crippen LogP contribution in [0, 0.1) is 0 Å². The van der Waals surface area contributed by atoms with Crippen LogP contribution in [0.3, 0.4) is 0 Å². The Kier molecular flexibility index (Phi) is 13.1. The predicted molar refractivity (Wildman–Crippen MR) is 66.3 cm³/mol. The van der Waals surface area contributed by atoms with Gasteiger partial charge in [-0.25, -0.2) is 0 Å². The molecule has 6 nitrogen and oxygen atoms in total. The first-order valence-corrected chi connectivity index (χ1v) is 6.00. The number of carboxylic acid groups (broad SMARTS) is 2. The van der Waals surface area contributed by atoms with Crippen molar-refractivity contribution in [3.05, 3.63) is 0 Å². The molecule has 4 N–H and O–H groups in total. The van der Waals surface area contributed by atoms with E-state index in [1.165, 1.54) is 0 Å². The minimum absolute atomic E-state index is 0.157. The summed E-state index contributed by atoms with van der Waals surface area (Å²) in [7, 11) is 0. The van der Waals surface area contributed by atoms with Crippen LogP contribution in [0.25, 0.3) is 0 Å². The lowest BCUT2D eigenvalue weighted by Gasteiger charge is -2.17. The number of aliphatic carboxylic acids is 2. The smallest absolute Gasteiger partial charge is 0.300 e. The topological polar surface area (TPSA) is 115 Å². The van der Waals surface area contributed by atoms with E-state index in [-0.39, 0.29) is 12.2 Å². The number of aliphatic hydroxyl groups is 2. The molecule has 0 saturated heterocycles. The van der Waals surface area contributed by atoms with Gasteiger partial charge in [0.1, 0.15) is 0 Å². The van der Waals surface area contributed by atoms with E-state index >= 15 is 0 Å². The molecule has 0 aromatic rings. The Hall–Kier alpha value is -1.14. The van der Waals surface area contributed by atoms with Crippen LogP contribution >= 0.6 is 0 Å². The lowest BCUT2D eigenvalue weighted by atomic mass is 9.97. The predicted octanol–water partition coefficient (Wildman–Crippen LogP) is 1.24. The molecule has 0 spiro atoms. The van der Waals surface area contributed by atoms with Crippen molar-refractivity contribution in [3.8, 4) is 0 Å². The maximum atomic E-state index is 9.22. The zero-order valence-corrected chi connectivity index (χ0v) is 11.0. The van der Waals surface area contributed by atoms with Crippen molar-refractivity contribution in [3.63, 3.8) is 0 Å². The third kappa shape index (κ3) is 24.2. The van der Waals surface area contributed by atoms with Gasteiger partial charge in [-0.3, -0.25) is 9.59 Å². The average Bonchev–Trinajstić information content (AvgIpc) is 2.17. The van der Waals surface area contributed by atoms with Crippen LogP contribution in [0.4, 0.5) is 0 Å². The monoisotopic (exact) mass is 264 g/mol. The Morgan fingerprint density at radius 3 is 1.22 bits per heavy atom. The third-order valence-corrected chi connectivity index (χ3v) is 2.16. The molecule has 1 saturated carbocycles. The van der Waals surface area contributed by atoms with Gasteiger partial charge in [0.05, 0.1) is 12.2 Å². The van der Waals surface area contributed by atoms with Crippen molar-refractivity contribution in [2.45, 2.75) is 64.6 Å². The van der Waals surface area contributed by atoms with Crippen LogP contribution in [0.5, 0.6) is 0 Å². The van der Waals surface area contributed by atoms with Crippen molar-refractivity contribution in [1.29, 1.82) is 0 Å². The summed E-state index contributed by atoms with van der Waals surface area (Å²) in [5, 5.41) is 33.3. The number of hydrogen-bond donors (Lipinski definition) is 4. The third-order valence-electron chi connectivity index (χ3n) is 2.16. The molecular weight excluding hydrogens is 240 g/mol. The van der Waals surface area contributed by atoms with Crippen molar-refractivity contribution in [1.82, 2.24) is 0 Å². The molecule has 0 aliphatic heterocycles. The van der Waals surface area contributed by atoms with E-state index < -0.39 is 11.9 Å². The summed E-state index contributed by atoms with van der Waals surface area (Å²) in [5.41, 5.74) is 0. The maximum absolute atomic E-state index is 9.22. The number of rotatable bonds is 0. The van der Waals surface area contributed by atoms with Gasteiger partial charge in [0.25, 0.3) is 11.9 Å². The molecule has 1 fully saturated rings. The van der Waals surface area contributed by atoms with Gasteiger partial charge in [-0.15, -0.1) is 0 Å². The molecule has 0 heterocycles. The van der Waals surface area contributed by atoms with Crippen LogP contribution in [-0.2, 0) is 9.59 Å². The fraction of sp³-hybridized carbons (Fsp3) is 0.833. The van der Waals surface area contributed by atoms with Gasteiger partial charge in [-0.2, -0.15) is 0 Å². The van der Waals surface area contributed by atoms with Crippen molar-refractivity contribution < 1.29 is 30.0 Å². The molecule has 0 unspecified atom stereocenters. The van der Waals surface area contributed by atoms with E-state index in [0.717, 1.165) is 52.4 Å². The first-order valence-electron chi connectivity index (χ1n) is 6.00. The second kappa shape index (κ2) is 12.3. The van der Waals surface area contributed by atoms with E-state index in [0.29, 0.717) is 0 Å². The van der Waals surface area contributed by atoms with Crippen molar-refractivity contribution in [2.24, 2.45) is 0 Å². The van der Waals surface area contributed by atoms with Crippen LogP contribution in [0.2, 0.25) is 0 Å². The zero-order chi connectivity index (χ0) is 14.6. The minimum Gasteiger partial charge on any atom is -0.481 e. The highest BCUT2D eigenvalue weighted by Crippen LogP contribution is 2.17. The molecule has 1 aliphatic rings. The van der Waals surface area contributed by atoms with Gasteiger partial charge >= 0.3 is 0 Å². The summed E-state index contributed by atoms with van der Waals surface area (Å²) in [6.45, 7) is 2.17. The molecule has 0 amide bonds. The summed E-state index contributed by atoms with van der Waals surface area (Å²) in [5.74, 6) is -1.67. The van der Waals surface area contributed by atoms with Gasteiger partial charge in [0, 0.05) is 13.8 Å². The van der Waals surface area contributed by atoms with E-state index in [1.54, 1.807) is 0 Å². The van der Waals surface area contributed by atoms with E-state index in [4.69, 9.17) is 19.8 Å². The van der Waals surface area contributed by atoms with Crippen LogP contribution in [-0.4, -0.2) is 44.6 Å². The lowest BCUT2D eigenvalue weighted by Crippen LogP contribution is -2.16. The SMILES string of the molecule is CC(=O)O.CC(=O)O.O[C@@H]1CCCC[C@H](O)CC1. The molecule has 0 radical (unpaired) electrons.